The number of benzene rings is 1. The van der Waals surface area contributed by atoms with E-state index in [0.29, 0.717) is 23.9 Å². The fourth-order valence-electron chi connectivity index (χ4n) is 3.15. The Labute approximate surface area is 174 Å². The van der Waals surface area contributed by atoms with Gasteiger partial charge in [-0.05, 0) is 78.5 Å². The van der Waals surface area contributed by atoms with E-state index >= 15 is 0 Å². The number of hydrogen-bond donors (Lipinski definition) is 2. The predicted octanol–water partition coefficient (Wildman–Crippen LogP) is 3.36. The Hall–Kier alpha value is -2.67. The van der Waals surface area contributed by atoms with Gasteiger partial charge in [-0.3, -0.25) is 4.79 Å². The fourth-order valence-corrected chi connectivity index (χ4v) is 3.15. The van der Waals surface area contributed by atoms with Crippen LogP contribution in [0.1, 0.15) is 42.1 Å². The monoisotopic (exact) mass is 398 g/mol. The summed E-state index contributed by atoms with van der Waals surface area (Å²) in [7, 11) is 4.04. The summed E-state index contributed by atoms with van der Waals surface area (Å²) in [5, 5.41) is 6.26. The number of carbonyl (C=O) groups excluding carboxylic acids is 1. The summed E-state index contributed by atoms with van der Waals surface area (Å²) in [6, 6.07) is 8.03. The molecule has 0 saturated carbocycles. The molecule has 0 aliphatic carbocycles. The van der Waals surface area contributed by atoms with Gasteiger partial charge in [0.05, 0.1) is 0 Å². The first-order valence-electron chi connectivity index (χ1n) is 10.2. The molecule has 2 rings (SSSR count). The molecular formula is C22H34N6O. The molecule has 0 radical (unpaired) electrons. The number of nitrogens with zero attached hydrogens (tertiary/aromatic N) is 4. The van der Waals surface area contributed by atoms with Gasteiger partial charge < -0.3 is 20.4 Å². The van der Waals surface area contributed by atoms with Crippen LogP contribution in [-0.4, -0.2) is 61.0 Å². The van der Waals surface area contributed by atoms with Crippen molar-refractivity contribution >= 4 is 23.1 Å². The van der Waals surface area contributed by atoms with Gasteiger partial charge in [-0.15, -0.1) is 0 Å². The van der Waals surface area contributed by atoms with Crippen LogP contribution < -0.4 is 15.5 Å². The van der Waals surface area contributed by atoms with E-state index in [0.717, 1.165) is 37.3 Å². The van der Waals surface area contributed by atoms with Crippen molar-refractivity contribution in [2.45, 2.75) is 34.1 Å². The number of amides is 1. The maximum Gasteiger partial charge on any atom is 0.270 e. The summed E-state index contributed by atoms with van der Waals surface area (Å²) in [5.74, 6) is 1.01. The summed E-state index contributed by atoms with van der Waals surface area (Å²) < 4.78 is 0. The van der Waals surface area contributed by atoms with Crippen molar-refractivity contribution < 1.29 is 4.79 Å². The Morgan fingerprint density at radius 1 is 1.07 bits per heavy atom. The van der Waals surface area contributed by atoms with E-state index in [1.807, 2.05) is 14.1 Å². The number of anilines is 3. The third-order valence-electron chi connectivity index (χ3n) is 4.74. The third kappa shape index (κ3) is 6.71. The Balaban J connectivity index is 2.10. The molecule has 1 heterocycles. The summed E-state index contributed by atoms with van der Waals surface area (Å²) in [6.45, 7) is 11.7. The van der Waals surface area contributed by atoms with Gasteiger partial charge in [0.2, 0.25) is 0 Å². The molecular weight excluding hydrogens is 364 g/mol. The van der Waals surface area contributed by atoms with Crippen molar-refractivity contribution in [3.05, 3.63) is 41.3 Å². The lowest BCUT2D eigenvalue weighted by atomic mass is 10.1. The van der Waals surface area contributed by atoms with E-state index < -0.39 is 0 Å². The van der Waals surface area contributed by atoms with Gasteiger partial charge >= 0.3 is 0 Å². The van der Waals surface area contributed by atoms with Crippen LogP contribution in [0.3, 0.4) is 0 Å². The number of rotatable bonds is 10. The maximum absolute atomic E-state index is 12.5. The highest BCUT2D eigenvalue weighted by Crippen LogP contribution is 2.25. The minimum absolute atomic E-state index is 0.175. The highest BCUT2D eigenvalue weighted by molar-refractivity contribution is 5.93. The van der Waals surface area contributed by atoms with Crippen molar-refractivity contribution in [1.29, 1.82) is 0 Å². The first kappa shape index (κ1) is 22.6. The largest absolute Gasteiger partial charge is 0.372 e. The van der Waals surface area contributed by atoms with Crippen molar-refractivity contribution in [2.24, 2.45) is 0 Å². The van der Waals surface area contributed by atoms with Gasteiger partial charge in [-0.25, -0.2) is 9.97 Å². The van der Waals surface area contributed by atoms with Crippen LogP contribution in [0.15, 0.2) is 24.3 Å². The second-order valence-corrected chi connectivity index (χ2v) is 7.39. The molecule has 158 valence electrons. The van der Waals surface area contributed by atoms with Gasteiger partial charge in [-0.2, -0.15) is 0 Å². The van der Waals surface area contributed by atoms with Crippen LogP contribution in [-0.2, 0) is 0 Å². The van der Waals surface area contributed by atoms with E-state index in [-0.39, 0.29) is 5.91 Å². The normalized spacial score (nSPS) is 10.9. The highest BCUT2D eigenvalue weighted by atomic mass is 16.1. The Kier molecular flexibility index (Phi) is 8.39. The van der Waals surface area contributed by atoms with Gasteiger partial charge in [0.25, 0.3) is 5.91 Å². The lowest BCUT2D eigenvalue weighted by Crippen LogP contribution is -2.28. The van der Waals surface area contributed by atoms with E-state index in [2.05, 4.69) is 69.4 Å². The van der Waals surface area contributed by atoms with Crippen LogP contribution in [0, 0.1) is 13.8 Å². The maximum atomic E-state index is 12.5. The van der Waals surface area contributed by atoms with Crippen molar-refractivity contribution in [3.63, 3.8) is 0 Å². The Morgan fingerprint density at radius 3 is 2.41 bits per heavy atom. The number of aromatic nitrogens is 2. The molecule has 0 aliphatic heterocycles. The minimum atomic E-state index is -0.175. The van der Waals surface area contributed by atoms with E-state index in [9.17, 15) is 4.79 Å². The second-order valence-electron chi connectivity index (χ2n) is 7.39. The van der Waals surface area contributed by atoms with E-state index in [4.69, 9.17) is 0 Å². The van der Waals surface area contributed by atoms with Crippen LogP contribution in [0.2, 0.25) is 0 Å². The average molecular weight is 399 g/mol. The molecule has 0 atom stereocenters. The molecule has 0 unspecified atom stereocenters. The Bertz CT molecular complexity index is 817. The molecule has 0 saturated heterocycles. The predicted molar refractivity (Wildman–Crippen MR) is 120 cm³/mol. The standard InChI is InChI=1S/C22H34N6O/c1-7-28(8-2)18-10-11-19(16(3)14-18)26-21-15-20(24-17(4)25-21)22(29)23-12-9-13-27(5)6/h10-11,14-15H,7-9,12-13H2,1-6H3,(H,23,29)(H,24,25,26). The van der Waals surface area contributed by atoms with E-state index in [1.165, 1.54) is 5.69 Å². The zero-order valence-electron chi connectivity index (χ0n) is 18.5. The van der Waals surface area contributed by atoms with Crippen LogP contribution >= 0.6 is 0 Å². The van der Waals surface area contributed by atoms with Gasteiger partial charge in [0.1, 0.15) is 17.3 Å². The lowest BCUT2D eigenvalue weighted by molar-refractivity contribution is 0.0947. The van der Waals surface area contributed by atoms with Gasteiger partial charge in [0.15, 0.2) is 0 Å². The van der Waals surface area contributed by atoms with Crippen molar-refractivity contribution in [1.82, 2.24) is 20.2 Å². The molecule has 0 fully saturated rings. The zero-order valence-corrected chi connectivity index (χ0v) is 18.5. The molecule has 7 heteroatoms. The van der Waals surface area contributed by atoms with Crippen molar-refractivity contribution in [2.75, 3.05) is 50.5 Å². The molecule has 0 bridgehead atoms. The quantitative estimate of drug-likeness (QED) is 0.598. The van der Waals surface area contributed by atoms with Gasteiger partial charge in [0, 0.05) is 37.1 Å². The molecule has 1 aromatic carbocycles. The zero-order chi connectivity index (χ0) is 21.4. The first-order chi connectivity index (χ1) is 13.8. The first-order valence-corrected chi connectivity index (χ1v) is 10.2. The molecule has 29 heavy (non-hydrogen) atoms. The number of nitrogens with one attached hydrogen (secondary N) is 2. The molecule has 7 nitrogen and oxygen atoms in total. The molecule has 2 aromatic rings. The summed E-state index contributed by atoms with van der Waals surface area (Å²) >= 11 is 0. The smallest absolute Gasteiger partial charge is 0.270 e. The summed E-state index contributed by atoms with van der Waals surface area (Å²) in [4.78, 5) is 25.6. The molecule has 2 N–H and O–H groups in total. The van der Waals surface area contributed by atoms with Crippen LogP contribution in [0.25, 0.3) is 0 Å². The topological polar surface area (TPSA) is 73.4 Å². The lowest BCUT2D eigenvalue weighted by Gasteiger charge is -2.22. The Morgan fingerprint density at radius 2 is 1.79 bits per heavy atom. The average Bonchev–Trinajstić information content (AvgIpc) is 2.67. The summed E-state index contributed by atoms with van der Waals surface area (Å²) in [6.07, 6.45) is 0.895. The molecule has 0 aliphatic rings. The summed E-state index contributed by atoms with van der Waals surface area (Å²) in [5.41, 5.74) is 3.67. The van der Waals surface area contributed by atoms with Crippen LogP contribution in [0.4, 0.5) is 17.2 Å². The van der Waals surface area contributed by atoms with Crippen molar-refractivity contribution in [3.8, 4) is 0 Å². The molecule has 1 aromatic heterocycles. The SMILES string of the molecule is CCN(CC)c1ccc(Nc2cc(C(=O)NCCCN(C)C)nc(C)n2)c(C)c1. The molecule has 1 amide bonds. The number of aryl methyl sites for hydroxylation is 2. The number of hydrogen-bond acceptors (Lipinski definition) is 6. The minimum Gasteiger partial charge on any atom is -0.372 e. The second kappa shape index (κ2) is 10.8. The molecule has 0 spiro atoms. The number of carbonyl (C=O) groups is 1. The van der Waals surface area contributed by atoms with E-state index in [1.54, 1.807) is 13.0 Å². The van der Waals surface area contributed by atoms with Gasteiger partial charge in [-0.1, -0.05) is 0 Å². The van der Waals surface area contributed by atoms with Crippen LogP contribution in [0.5, 0.6) is 0 Å². The fraction of sp³-hybridized carbons (Fsp3) is 0.500. The third-order valence-corrected chi connectivity index (χ3v) is 4.74. The highest BCUT2D eigenvalue weighted by Gasteiger charge is 2.12.